The number of carboxylic acids is 2. The third-order valence-corrected chi connectivity index (χ3v) is 7.78. The molecule has 1 heterocycles. The van der Waals surface area contributed by atoms with E-state index >= 15 is 0 Å². The molecule has 2 unspecified atom stereocenters. The maximum absolute atomic E-state index is 12.4. The second-order valence-corrected chi connectivity index (χ2v) is 11.3. The third kappa shape index (κ3) is 20.3. The molecule has 0 spiro atoms. The summed E-state index contributed by atoms with van der Waals surface area (Å²) in [5, 5.41) is 15.9. The van der Waals surface area contributed by atoms with Gasteiger partial charge in [0.2, 0.25) is 0 Å². The molecule has 0 aromatic heterocycles. The molecule has 0 bridgehead atoms. The zero-order valence-corrected chi connectivity index (χ0v) is 25.1. The van der Waals surface area contributed by atoms with Gasteiger partial charge in [-0.1, -0.05) is 25.7 Å². The van der Waals surface area contributed by atoms with Crippen LogP contribution in [0.25, 0.3) is 0 Å². The first-order valence-electron chi connectivity index (χ1n) is 13.7. The number of carbonyl (C=O) groups is 6. The number of cyclic esters (lactones) is 4. The fraction of sp³-hybridized carbons (Fsp3) is 0.769. The van der Waals surface area contributed by atoms with E-state index in [1.807, 2.05) is 0 Å². The molecule has 1 saturated heterocycles. The Kier molecular flexibility index (Phi) is 21.4. The first-order chi connectivity index (χ1) is 20.2. The molecule has 0 amide bonds. The quantitative estimate of drug-likeness (QED) is 0.314. The van der Waals surface area contributed by atoms with Crippen molar-refractivity contribution in [1.82, 2.24) is 0 Å². The number of carbonyl (C=O) groups excluding carboxylic acids is 4. The topological polar surface area (TPSA) is 198 Å². The summed E-state index contributed by atoms with van der Waals surface area (Å²) in [6.45, 7) is 0.492. The number of hydrogen-bond acceptors (Lipinski definition) is 14. The zero-order valence-electron chi connectivity index (χ0n) is 23.5. The Morgan fingerprint density at radius 3 is 1.38 bits per heavy atom. The lowest BCUT2D eigenvalue weighted by Crippen LogP contribution is -2.27. The molecule has 0 aromatic rings. The minimum absolute atomic E-state index is 0.0380. The highest BCUT2D eigenvalue weighted by Gasteiger charge is 2.27. The van der Waals surface area contributed by atoms with Gasteiger partial charge in [0.1, 0.15) is 23.7 Å². The average Bonchev–Trinajstić information content (AvgIpc) is 2.94. The summed E-state index contributed by atoms with van der Waals surface area (Å²) in [4.78, 5) is 71.1. The summed E-state index contributed by atoms with van der Waals surface area (Å²) in [6.07, 6.45) is 3.81. The van der Waals surface area contributed by atoms with Crippen LogP contribution < -0.4 is 0 Å². The van der Waals surface area contributed by atoms with Gasteiger partial charge in [-0.2, -0.15) is 0 Å². The molecule has 2 atom stereocenters. The highest BCUT2D eigenvalue weighted by atomic mass is 32.2. The van der Waals surface area contributed by atoms with Crippen LogP contribution in [-0.2, 0) is 57.2 Å². The molecule has 42 heavy (non-hydrogen) atoms. The molecule has 1 aliphatic heterocycles. The monoisotopic (exact) mass is 640 g/mol. The number of thioether (sulfide) groups is 2. The molecule has 1 fully saturated rings. The van der Waals surface area contributed by atoms with Crippen LogP contribution in [0.3, 0.4) is 0 Å². The molecule has 0 saturated carbocycles. The van der Waals surface area contributed by atoms with Gasteiger partial charge < -0.3 is 38.6 Å². The highest BCUT2D eigenvalue weighted by molar-refractivity contribution is 8.01. The van der Waals surface area contributed by atoms with Crippen molar-refractivity contribution >= 4 is 59.3 Å². The fourth-order valence-corrected chi connectivity index (χ4v) is 4.98. The van der Waals surface area contributed by atoms with Crippen molar-refractivity contribution < 1.29 is 67.4 Å². The first-order valence-corrected chi connectivity index (χ1v) is 15.8. The maximum atomic E-state index is 12.4. The Labute approximate surface area is 252 Å². The number of rotatable bonds is 6. The predicted octanol–water partition coefficient (Wildman–Crippen LogP) is 1.70. The number of hydrogen-bond donors (Lipinski definition) is 2. The van der Waals surface area contributed by atoms with Crippen molar-refractivity contribution in [3.05, 3.63) is 0 Å². The van der Waals surface area contributed by atoms with Crippen LogP contribution in [-0.4, -0.2) is 121 Å². The summed E-state index contributed by atoms with van der Waals surface area (Å²) < 4.78 is 31.2. The number of esters is 4. The molecular formula is C26H40O14S2. The van der Waals surface area contributed by atoms with E-state index in [0.717, 1.165) is 49.2 Å². The van der Waals surface area contributed by atoms with Gasteiger partial charge in [0.25, 0.3) is 0 Å². The van der Waals surface area contributed by atoms with Crippen molar-refractivity contribution in [1.29, 1.82) is 0 Å². The van der Waals surface area contributed by atoms with Crippen molar-refractivity contribution in [2.24, 2.45) is 0 Å². The van der Waals surface area contributed by atoms with Gasteiger partial charge in [-0.25, -0.2) is 0 Å². The first kappa shape index (κ1) is 37.5. The Balaban J connectivity index is 2.60. The molecule has 0 radical (unpaired) electrons. The summed E-state index contributed by atoms with van der Waals surface area (Å²) >= 11 is 1.59. The molecule has 240 valence electrons. The lowest BCUT2D eigenvalue weighted by atomic mass is 10.1. The second kappa shape index (κ2) is 23.9. The second-order valence-electron chi connectivity index (χ2n) is 8.92. The number of carboxylic acid groups (broad SMARTS) is 2. The molecule has 1 aliphatic rings. The number of aliphatic carboxylic acids is 2. The van der Waals surface area contributed by atoms with Crippen LogP contribution in [0.1, 0.15) is 51.4 Å². The lowest BCUT2D eigenvalue weighted by molar-refractivity contribution is -0.151. The van der Waals surface area contributed by atoms with Gasteiger partial charge in [-0.3, -0.25) is 28.8 Å². The SMILES string of the molecule is O=C(O)CSC1CC(=O)OCCOCCOCCOC(=O)C(SCC(=O)O)CC(=O)OCCCCCCCCOC1=O. The highest BCUT2D eigenvalue weighted by Crippen LogP contribution is 2.19. The van der Waals surface area contributed by atoms with Crippen LogP contribution in [0.5, 0.6) is 0 Å². The number of ether oxygens (including phenoxy) is 6. The van der Waals surface area contributed by atoms with Crippen molar-refractivity contribution in [2.45, 2.75) is 61.9 Å². The van der Waals surface area contributed by atoms with Gasteiger partial charge in [0.05, 0.1) is 64.0 Å². The van der Waals surface area contributed by atoms with Crippen LogP contribution in [0.15, 0.2) is 0 Å². The molecule has 0 aromatic carbocycles. The van der Waals surface area contributed by atoms with Crippen LogP contribution >= 0.6 is 23.5 Å². The van der Waals surface area contributed by atoms with Crippen molar-refractivity contribution in [3.63, 3.8) is 0 Å². The minimum atomic E-state index is -1.13. The predicted molar refractivity (Wildman–Crippen MR) is 150 cm³/mol. The van der Waals surface area contributed by atoms with Crippen LogP contribution in [0, 0.1) is 0 Å². The van der Waals surface area contributed by atoms with E-state index in [0.29, 0.717) is 12.8 Å². The smallest absolute Gasteiger partial charge is 0.319 e. The summed E-state index contributed by atoms with van der Waals surface area (Å²) in [5.74, 6) is -5.70. The maximum Gasteiger partial charge on any atom is 0.319 e. The molecule has 0 aliphatic carbocycles. The summed E-state index contributed by atoms with van der Waals surface area (Å²) in [6, 6.07) is 0. The van der Waals surface area contributed by atoms with E-state index in [-0.39, 0.29) is 77.2 Å². The van der Waals surface area contributed by atoms with Crippen LogP contribution in [0.4, 0.5) is 0 Å². The Morgan fingerprint density at radius 1 is 0.548 bits per heavy atom. The van der Waals surface area contributed by atoms with Gasteiger partial charge in [-0.05, 0) is 12.8 Å². The minimum Gasteiger partial charge on any atom is -0.481 e. The van der Waals surface area contributed by atoms with Crippen molar-refractivity contribution in [2.75, 3.05) is 64.4 Å². The van der Waals surface area contributed by atoms with Gasteiger partial charge in [0, 0.05) is 0 Å². The standard InChI is InChI=1S/C26H40O14S2/c27-21(28)17-41-19-16-24(32)38-13-11-35-9-10-36-12-14-40-26(34)20(42-18-22(29)30)15-23(31)37-7-5-3-1-2-4-6-8-39-25(19)33/h19-20H,1-18H2,(H,27,28)(H,29,30). The van der Waals surface area contributed by atoms with Crippen LogP contribution in [0.2, 0.25) is 0 Å². The van der Waals surface area contributed by atoms with Gasteiger partial charge in [-0.15, -0.1) is 23.5 Å². The zero-order chi connectivity index (χ0) is 31.0. The summed E-state index contributed by atoms with van der Waals surface area (Å²) in [5.41, 5.74) is 0. The van der Waals surface area contributed by atoms with E-state index in [9.17, 15) is 28.8 Å². The van der Waals surface area contributed by atoms with E-state index in [1.165, 1.54) is 0 Å². The molecule has 1 rings (SSSR count). The van der Waals surface area contributed by atoms with E-state index < -0.39 is 46.3 Å². The average molecular weight is 641 g/mol. The Hall–Kier alpha value is -2.56. The molecule has 16 heteroatoms. The fourth-order valence-electron chi connectivity index (χ4n) is 3.38. The van der Waals surface area contributed by atoms with Gasteiger partial charge in [0.15, 0.2) is 0 Å². The normalized spacial score (nSPS) is 22.8. The molecular weight excluding hydrogens is 600 g/mol. The van der Waals surface area contributed by atoms with E-state index in [1.54, 1.807) is 0 Å². The summed E-state index contributed by atoms with van der Waals surface area (Å²) in [7, 11) is 0. The van der Waals surface area contributed by atoms with Crippen molar-refractivity contribution in [3.8, 4) is 0 Å². The molecule has 2 N–H and O–H groups in total. The largest absolute Gasteiger partial charge is 0.481 e. The Morgan fingerprint density at radius 2 is 0.905 bits per heavy atom. The van der Waals surface area contributed by atoms with E-state index in [4.69, 9.17) is 38.6 Å². The Bertz CT molecular complexity index is 785. The molecule has 14 nitrogen and oxygen atoms in total. The lowest BCUT2D eigenvalue weighted by Gasteiger charge is -2.15. The third-order valence-electron chi connectivity index (χ3n) is 5.43. The van der Waals surface area contributed by atoms with E-state index in [2.05, 4.69) is 0 Å². The van der Waals surface area contributed by atoms with Gasteiger partial charge >= 0.3 is 35.8 Å².